The summed E-state index contributed by atoms with van der Waals surface area (Å²) in [6.07, 6.45) is 6.00. The molecule has 1 N–H and O–H groups in total. The van der Waals surface area contributed by atoms with Crippen molar-refractivity contribution in [3.63, 3.8) is 0 Å². The maximum atomic E-state index is 4.51. The minimum absolute atomic E-state index is 0.818. The molecular weight excluding hydrogens is 196 g/mol. The molecule has 0 amide bonds. The van der Waals surface area contributed by atoms with Gasteiger partial charge in [-0.25, -0.2) is 0 Å². The van der Waals surface area contributed by atoms with Gasteiger partial charge in [0.2, 0.25) is 0 Å². The highest BCUT2D eigenvalue weighted by Crippen LogP contribution is 2.10. The predicted octanol–water partition coefficient (Wildman–Crippen LogP) is 3.26. The summed E-state index contributed by atoms with van der Waals surface area (Å²) in [6, 6.07) is 4.07. The lowest BCUT2D eigenvalue weighted by molar-refractivity contribution is 0.633. The van der Waals surface area contributed by atoms with Gasteiger partial charge in [0.15, 0.2) is 0 Å². The number of hydrogen-bond donors (Lipinski definition) is 1. The summed E-state index contributed by atoms with van der Waals surface area (Å²) in [7, 11) is 0. The van der Waals surface area contributed by atoms with E-state index in [1.54, 1.807) is 12.2 Å². The molecule has 0 unspecified atom stereocenters. The van der Waals surface area contributed by atoms with Gasteiger partial charge in [-0.05, 0) is 30.7 Å². The normalized spacial score (nSPS) is 10.1. The Kier molecular flexibility index (Phi) is 5.51. The first-order chi connectivity index (χ1) is 7.81. The van der Waals surface area contributed by atoms with Crippen molar-refractivity contribution < 1.29 is 0 Å². The molecule has 0 saturated heterocycles. The second kappa shape index (κ2) is 6.96. The Morgan fingerprint density at radius 1 is 1.31 bits per heavy atom. The fourth-order valence-electron chi connectivity index (χ4n) is 1.48. The van der Waals surface area contributed by atoms with E-state index in [4.69, 9.17) is 0 Å². The molecule has 0 aliphatic carbocycles. The highest BCUT2D eigenvalue weighted by Gasteiger charge is 1.99. The van der Waals surface area contributed by atoms with Gasteiger partial charge in [0.25, 0.3) is 0 Å². The molecular formula is C14H20N2. The Bertz CT molecular complexity index is 356. The Morgan fingerprint density at radius 2 is 2.12 bits per heavy atom. The minimum Gasteiger partial charge on any atom is -0.311 e. The van der Waals surface area contributed by atoms with Crippen molar-refractivity contribution in [2.75, 3.05) is 6.54 Å². The first-order valence-corrected chi connectivity index (χ1v) is 5.77. The van der Waals surface area contributed by atoms with E-state index in [1.165, 1.54) is 12.8 Å². The zero-order chi connectivity index (χ0) is 11.8. The molecule has 1 aromatic rings. The van der Waals surface area contributed by atoms with Crippen molar-refractivity contribution in [3.05, 3.63) is 42.2 Å². The number of hydrogen-bond acceptors (Lipinski definition) is 2. The monoisotopic (exact) mass is 216 g/mol. The SMILES string of the molecule is C=Cc1ccc(CNCCCC)nc1C=C. The average Bonchev–Trinajstić information content (AvgIpc) is 2.34. The molecule has 2 nitrogen and oxygen atoms in total. The molecule has 2 heteroatoms. The Hall–Kier alpha value is -1.41. The van der Waals surface area contributed by atoms with Crippen molar-refractivity contribution in [1.82, 2.24) is 10.3 Å². The number of nitrogens with zero attached hydrogens (tertiary/aromatic N) is 1. The van der Waals surface area contributed by atoms with E-state index in [9.17, 15) is 0 Å². The molecule has 0 spiro atoms. The molecule has 0 aliphatic rings. The third-order valence-electron chi connectivity index (χ3n) is 2.44. The number of aromatic nitrogens is 1. The quantitative estimate of drug-likeness (QED) is 0.708. The summed E-state index contributed by atoms with van der Waals surface area (Å²) in [5.41, 5.74) is 2.99. The largest absolute Gasteiger partial charge is 0.311 e. The summed E-state index contributed by atoms with van der Waals surface area (Å²) in [5.74, 6) is 0. The van der Waals surface area contributed by atoms with Crippen LogP contribution >= 0.6 is 0 Å². The van der Waals surface area contributed by atoms with Gasteiger partial charge in [-0.15, -0.1) is 0 Å². The van der Waals surface area contributed by atoms with E-state index in [0.29, 0.717) is 0 Å². The first-order valence-electron chi connectivity index (χ1n) is 5.77. The van der Waals surface area contributed by atoms with Crippen molar-refractivity contribution in [1.29, 1.82) is 0 Å². The maximum Gasteiger partial charge on any atom is 0.0699 e. The summed E-state index contributed by atoms with van der Waals surface area (Å²) in [5, 5.41) is 3.37. The Labute approximate surface area is 98.1 Å². The second-order valence-electron chi connectivity index (χ2n) is 3.72. The van der Waals surface area contributed by atoms with Crippen LogP contribution in [0.3, 0.4) is 0 Å². The van der Waals surface area contributed by atoms with Crippen LogP contribution in [0.1, 0.15) is 36.7 Å². The zero-order valence-corrected chi connectivity index (χ0v) is 10.00. The second-order valence-corrected chi connectivity index (χ2v) is 3.72. The van der Waals surface area contributed by atoms with Crippen LogP contribution in [0.15, 0.2) is 25.3 Å². The number of rotatable bonds is 7. The molecule has 0 bridgehead atoms. The van der Waals surface area contributed by atoms with Crippen molar-refractivity contribution in [3.8, 4) is 0 Å². The summed E-state index contributed by atoms with van der Waals surface area (Å²) in [4.78, 5) is 4.51. The lowest BCUT2D eigenvalue weighted by Crippen LogP contribution is -2.15. The number of unbranched alkanes of at least 4 members (excludes halogenated alkanes) is 1. The summed E-state index contributed by atoms with van der Waals surface area (Å²) >= 11 is 0. The Morgan fingerprint density at radius 3 is 2.75 bits per heavy atom. The smallest absolute Gasteiger partial charge is 0.0699 e. The van der Waals surface area contributed by atoms with Gasteiger partial charge in [-0.1, -0.05) is 38.6 Å². The third kappa shape index (κ3) is 3.63. The number of pyridine rings is 1. The van der Waals surface area contributed by atoms with Crippen molar-refractivity contribution in [2.24, 2.45) is 0 Å². The molecule has 1 heterocycles. The van der Waals surface area contributed by atoms with E-state index < -0.39 is 0 Å². The zero-order valence-electron chi connectivity index (χ0n) is 10.00. The lowest BCUT2D eigenvalue weighted by atomic mass is 10.1. The maximum absolute atomic E-state index is 4.51. The van der Waals surface area contributed by atoms with E-state index in [0.717, 1.165) is 30.0 Å². The molecule has 0 atom stereocenters. The standard InChI is InChI=1S/C14H20N2/c1-4-7-10-15-11-13-9-8-12(5-2)14(6-3)16-13/h5-6,8-9,15H,2-4,7,10-11H2,1H3. The van der Waals surface area contributed by atoms with Crippen LogP contribution in [-0.4, -0.2) is 11.5 Å². The van der Waals surface area contributed by atoms with Crippen LogP contribution < -0.4 is 5.32 Å². The van der Waals surface area contributed by atoms with E-state index in [-0.39, 0.29) is 0 Å². The van der Waals surface area contributed by atoms with Crippen LogP contribution in [0.2, 0.25) is 0 Å². The highest BCUT2D eigenvalue weighted by atomic mass is 14.9. The molecule has 0 aliphatic heterocycles. The molecule has 1 aromatic heterocycles. The molecule has 86 valence electrons. The van der Waals surface area contributed by atoms with E-state index >= 15 is 0 Å². The number of nitrogens with one attached hydrogen (secondary N) is 1. The molecule has 0 saturated carbocycles. The van der Waals surface area contributed by atoms with Crippen LogP contribution in [0.4, 0.5) is 0 Å². The van der Waals surface area contributed by atoms with E-state index in [2.05, 4.69) is 30.4 Å². The van der Waals surface area contributed by atoms with Crippen LogP contribution in [-0.2, 0) is 6.54 Å². The van der Waals surface area contributed by atoms with Gasteiger partial charge in [0.05, 0.1) is 11.4 Å². The molecule has 16 heavy (non-hydrogen) atoms. The average molecular weight is 216 g/mol. The van der Waals surface area contributed by atoms with Crippen LogP contribution in [0.25, 0.3) is 12.2 Å². The van der Waals surface area contributed by atoms with Gasteiger partial charge in [0, 0.05) is 6.54 Å². The molecule has 1 rings (SSSR count). The van der Waals surface area contributed by atoms with Gasteiger partial charge in [-0.2, -0.15) is 0 Å². The van der Waals surface area contributed by atoms with Crippen LogP contribution in [0.5, 0.6) is 0 Å². The summed E-state index contributed by atoms with van der Waals surface area (Å²) < 4.78 is 0. The Balaban J connectivity index is 2.60. The van der Waals surface area contributed by atoms with Crippen molar-refractivity contribution in [2.45, 2.75) is 26.3 Å². The lowest BCUT2D eigenvalue weighted by Gasteiger charge is -2.06. The van der Waals surface area contributed by atoms with Gasteiger partial charge in [0.1, 0.15) is 0 Å². The van der Waals surface area contributed by atoms with Gasteiger partial charge in [-0.3, -0.25) is 4.98 Å². The van der Waals surface area contributed by atoms with E-state index in [1.807, 2.05) is 12.1 Å². The fraction of sp³-hybridized carbons (Fsp3) is 0.357. The molecule has 0 aromatic carbocycles. The highest BCUT2D eigenvalue weighted by molar-refractivity contribution is 5.60. The third-order valence-corrected chi connectivity index (χ3v) is 2.44. The topological polar surface area (TPSA) is 24.9 Å². The van der Waals surface area contributed by atoms with Gasteiger partial charge < -0.3 is 5.32 Å². The van der Waals surface area contributed by atoms with Crippen molar-refractivity contribution >= 4 is 12.2 Å². The fourth-order valence-corrected chi connectivity index (χ4v) is 1.48. The molecule has 0 radical (unpaired) electrons. The van der Waals surface area contributed by atoms with Crippen LogP contribution in [0, 0.1) is 0 Å². The minimum atomic E-state index is 0.818. The predicted molar refractivity (Wildman–Crippen MR) is 71.0 cm³/mol. The van der Waals surface area contributed by atoms with Gasteiger partial charge >= 0.3 is 0 Å². The summed E-state index contributed by atoms with van der Waals surface area (Å²) in [6.45, 7) is 11.6. The molecule has 0 fully saturated rings. The first kappa shape index (κ1) is 12.7.